The van der Waals surface area contributed by atoms with Crippen LogP contribution in [0.5, 0.6) is 5.75 Å². The third kappa shape index (κ3) is 5.16. The van der Waals surface area contributed by atoms with Gasteiger partial charge in [-0.1, -0.05) is 38.7 Å². The third-order valence-corrected chi connectivity index (χ3v) is 11.4. The Morgan fingerprint density at radius 1 is 1.00 bits per heavy atom. The van der Waals surface area contributed by atoms with Gasteiger partial charge in [0.2, 0.25) is 8.32 Å². The van der Waals surface area contributed by atoms with Crippen LogP contribution in [-0.2, 0) is 0 Å². The maximum Gasteiger partial charge on any atom is 0.344 e. The lowest BCUT2D eigenvalue weighted by molar-refractivity contribution is 0.168. The molecule has 1 aliphatic heterocycles. The van der Waals surface area contributed by atoms with E-state index in [9.17, 15) is 4.79 Å². The van der Waals surface area contributed by atoms with Crippen molar-refractivity contribution in [3.8, 4) is 17.6 Å². The second-order valence-corrected chi connectivity index (χ2v) is 15.3. The molecule has 0 N–H and O–H groups in total. The summed E-state index contributed by atoms with van der Waals surface area (Å²) < 4.78 is 12.1. The Morgan fingerprint density at radius 2 is 1.70 bits per heavy atom. The summed E-state index contributed by atoms with van der Waals surface area (Å²) in [5.74, 6) is 7.23. The second kappa shape index (κ2) is 8.98. The van der Waals surface area contributed by atoms with Crippen LogP contribution in [0.2, 0.25) is 18.1 Å². The fourth-order valence-corrected chi connectivity index (χ4v) is 4.78. The minimum atomic E-state index is -1.98. The SMILES string of the molecule is CN1CCN(CC#Cc2ccc3c(c2)c(=O)oc2cc(O[Si](C)(C)C(C)(C)C)ccc23)CC1. The van der Waals surface area contributed by atoms with Gasteiger partial charge in [-0.25, -0.2) is 4.79 Å². The predicted octanol–water partition coefficient (Wildman–Crippen LogP) is 4.93. The maximum absolute atomic E-state index is 12.8. The fraction of sp³-hybridized carbons (Fsp3) is 0.444. The second-order valence-electron chi connectivity index (χ2n) is 10.6. The quantitative estimate of drug-likeness (QED) is 0.239. The van der Waals surface area contributed by atoms with Gasteiger partial charge in [0.05, 0.1) is 11.9 Å². The predicted molar refractivity (Wildman–Crippen MR) is 139 cm³/mol. The first-order valence-corrected chi connectivity index (χ1v) is 14.5. The van der Waals surface area contributed by atoms with Crippen molar-refractivity contribution in [2.45, 2.75) is 38.9 Å². The molecule has 0 spiro atoms. The lowest BCUT2D eigenvalue weighted by Crippen LogP contribution is -2.44. The van der Waals surface area contributed by atoms with E-state index >= 15 is 0 Å². The molecule has 1 aromatic heterocycles. The van der Waals surface area contributed by atoms with Crippen molar-refractivity contribution in [2.75, 3.05) is 39.8 Å². The molecule has 6 heteroatoms. The summed E-state index contributed by atoms with van der Waals surface area (Å²) >= 11 is 0. The lowest BCUT2D eigenvalue weighted by atomic mass is 10.0. The molecule has 5 nitrogen and oxygen atoms in total. The van der Waals surface area contributed by atoms with Gasteiger partial charge in [0.25, 0.3) is 0 Å². The third-order valence-electron chi connectivity index (χ3n) is 7.00. The minimum absolute atomic E-state index is 0.0912. The largest absolute Gasteiger partial charge is 0.543 e. The van der Waals surface area contributed by atoms with Crippen LogP contribution >= 0.6 is 0 Å². The van der Waals surface area contributed by atoms with Crippen LogP contribution < -0.4 is 10.1 Å². The molecule has 33 heavy (non-hydrogen) atoms. The van der Waals surface area contributed by atoms with E-state index in [0.717, 1.165) is 54.8 Å². The average Bonchev–Trinajstić information content (AvgIpc) is 2.74. The van der Waals surface area contributed by atoms with Crippen molar-refractivity contribution in [1.82, 2.24) is 9.80 Å². The normalized spacial score (nSPS) is 16.1. The van der Waals surface area contributed by atoms with Crippen LogP contribution in [-0.4, -0.2) is 57.9 Å². The van der Waals surface area contributed by atoms with Crippen molar-refractivity contribution >= 4 is 30.1 Å². The molecule has 2 heterocycles. The highest BCUT2D eigenvalue weighted by atomic mass is 28.4. The molecule has 0 unspecified atom stereocenters. The van der Waals surface area contributed by atoms with Crippen LogP contribution in [0, 0.1) is 11.8 Å². The van der Waals surface area contributed by atoms with Crippen molar-refractivity contribution in [3.05, 3.63) is 52.4 Å². The summed E-state index contributed by atoms with van der Waals surface area (Å²) in [7, 11) is 0.171. The van der Waals surface area contributed by atoms with Gasteiger partial charge in [0.1, 0.15) is 11.3 Å². The van der Waals surface area contributed by atoms with Gasteiger partial charge in [-0.2, -0.15) is 0 Å². The minimum Gasteiger partial charge on any atom is -0.543 e. The summed E-state index contributed by atoms with van der Waals surface area (Å²) in [5, 5.41) is 2.44. The average molecular weight is 463 g/mol. The van der Waals surface area contributed by atoms with Crippen LogP contribution in [0.25, 0.3) is 21.7 Å². The van der Waals surface area contributed by atoms with Gasteiger partial charge < -0.3 is 13.7 Å². The Morgan fingerprint density at radius 3 is 2.39 bits per heavy atom. The highest BCUT2D eigenvalue weighted by Crippen LogP contribution is 2.38. The highest BCUT2D eigenvalue weighted by Gasteiger charge is 2.39. The number of fused-ring (bicyclic) bond motifs is 3. The Balaban J connectivity index is 1.60. The standard InChI is InChI=1S/C27H34N2O3Si/c1-27(2,3)33(5,6)32-21-10-12-23-22-11-9-20(18-24(22)26(30)31-25(23)19-21)8-7-13-29-16-14-28(4)15-17-29/h9-12,18-19H,13-17H2,1-6H3. The Kier molecular flexibility index (Phi) is 6.41. The molecule has 0 aliphatic carbocycles. The smallest absolute Gasteiger partial charge is 0.344 e. The molecule has 0 atom stereocenters. The molecule has 0 saturated carbocycles. The summed E-state index contributed by atoms with van der Waals surface area (Å²) in [6.45, 7) is 16.0. The zero-order chi connectivity index (χ0) is 23.8. The highest BCUT2D eigenvalue weighted by molar-refractivity contribution is 6.74. The molecule has 1 aliphatic rings. The zero-order valence-corrected chi connectivity index (χ0v) is 21.6. The van der Waals surface area contributed by atoms with Crippen LogP contribution in [0.15, 0.2) is 45.6 Å². The summed E-state index contributed by atoms with van der Waals surface area (Å²) in [4.78, 5) is 17.5. The van der Waals surface area contributed by atoms with E-state index in [-0.39, 0.29) is 10.7 Å². The van der Waals surface area contributed by atoms with Gasteiger partial charge >= 0.3 is 5.63 Å². The van der Waals surface area contributed by atoms with E-state index in [4.69, 9.17) is 8.84 Å². The number of hydrogen-bond acceptors (Lipinski definition) is 5. The maximum atomic E-state index is 12.8. The van der Waals surface area contributed by atoms with Crippen molar-refractivity contribution in [3.63, 3.8) is 0 Å². The molecular formula is C27H34N2O3Si. The first-order valence-electron chi connectivity index (χ1n) is 11.6. The first kappa shape index (κ1) is 23.6. The summed E-state index contributed by atoms with van der Waals surface area (Å²) in [6.07, 6.45) is 0. The molecule has 174 valence electrons. The molecule has 4 rings (SSSR count). The Hall–Kier alpha value is -2.59. The van der Waals surface area contributed by atoms with Crippen molar-refractivity contribution < 1.29 is 8.84 Å². The van der Waals surface area contributed by atoms with E-state index < -0.39 is 8.32 Å². The van der Waals surface area contributed by atoms with E-state index in [1.807, 2.05) is 36.4 Å². The van der Waals surface area contributed by atoms with Crippen LogP contribution in [0.1, 0.15) is 26.3 Å². The molecule has 1 fully saturated rings. The van der Waals surface area contributed by atoms with Gasteiger partial charge in [-0.15, -0.1) is 0 Å². The Labute approximate surface area is 197 Å². The monoisotopic (exact) mass is 462 g/mol. The van der Waals surface area contributed by atoms with E-state index in [2.05, 4.69) is 62.6 Å². The number of rotatable bonds is 3. The molecule has 2 aromatic carbocycles. The number of benzene rings is 2. The number of likely N-dealkylation sites (N-methyl/N-ethyl adjacent to an activating group) is 1. The molecular weight excluding hydrogens is 428 g/mol. The van der Waals surface area contributed by atoms with Gasteiger partial charge in [0, 0.05) is 48.6 Å². The first-order chi connectivity index (χ1) is 15.5. The van der Waals surface area contributed by atoms with Gasteiger partial charge in [-0.05, 0) is 49.4 Å². The van der Waals surface area contributed by atoms with Crippen molar-refractivity contribution in [1.29, 1.82) is 0 Å². The van der Waals surface area contributed by atoms with Crippen molar-refractivity contribution in [2.24, 2.45) is 0 Å². The molecule has 0 amide bonds. The van der Waals surface area contributed by atoms with E-state index in [1.54, 1.807) is 0 Å². The summed E-state index contributed by atoms with van der Waals surface area (Å²) in [6, 6.07) is 11.6. The topological polar surface area (TPSA) is 45.9 Å². The zero-order valence-electron chi connectivity index (χ0n) is 20.6. The molecule has 1 saturated heterocycles. The van der Waals surface area contributed by atoms with Crippen LogP contribution in [0.4, 0.5) is 0 Å². The van der Waals surface area contributed by atoms with E-state index in [1.165, 1.54) is 0 Å². The Bertz CT molecular complexity index is 1290. The van der Waals surface area contributed by atoms with Gasteiger partial charge in [-0.3, -0.25) is 4.90 Å². The number of hydrogen-bond donors (Lipinski definition) is 0. The lowest BCUT2D eigenvalue weighted by Gasteiger charge is -2.36. The number of nitrogens with zero attached hydrogens (tertiary/aromatic N) is 2. The fourth-order valence-electron chi connectivity index (χ4n) is 3.76. The number of piperazine rings is 1. The molecule has 0 radical (unpaired) electrons. The molecule has 3 aromatic rings. The van der Waals surface area contributed by atoms with E-state index in [0.29, 0.717) is 11.0 Å². The van der Waals surface area contributed by atoms with Gasteiger partial charge in [0.15, 0.2) is 0 Å². The van der Waals surface area contributed by atoms with Crippen LogP contribution in [0.3, 0.4) is 0 Å². The summed E-state index contributed by atoms with van der Waals surface area (Å²) in [5.41, 5.74) is 1.04. The molecule has 0 bridgehead atoms.